The van der Waals surface area contributed by atoms with E-state index in [1.54, 1.807) is 0 Å². The van der Waals surface area contributed by atoms with Gasteiger partial charge in [-0.3, -0.25) is 0 Å². The van der Waals surface area contributed by atoms with Crippen LogP contribution in [0.2, 0.25) is 0 Å². The summed E-state index contributed by atoms with van der Waals surface area (Å²) >= 11 is 0. The molecule has 0 amide bonds. The third-order valence-corrected chi connectivity index (χ3v) is 3.30. The molecular formula is C12H15N3O. The van der Waals surface area contributed by atoms with Crippen LogP contribution in [0.1, 0.15) is 6.42 Å². The van der Waals surface area contributed by atoms with Gasteiger partial charge >= 0.3 is 0 Å². The maximum absolute atomic E-state index is 5.69. The van der Waals surface area contributed by atoms with Crippen molar-refractivity contribution in [1.29, 1.82) is 0 Å². The molecule has 1 aliphatic heterocycles. The summed E-state index contributed by atoms with van der Waals surface area (Å²) in [7, 11) is 0. The van der Waals surface area contributed by atoms with Gasteiger partial charge in [0.25, 0.3) is 0 Å². The van der Waals surface area contributed by atoms with Crippen molar-refractivity contribution in [3.63, 3.8) is 0 Å². The van der Waals surface area contributed by atoms with Gasteiger partial charge in [-0.1, -0.05) is 0 Å². The smallest absolute Gasteiger partial charge is 0.181 e. The highest BCUT2D eigenvalue weighted by Gasteiger charge is 2.21. The molecule has 0 saturated carbocycles. The molecule has 1 aliphatic rings. The van der Waals surface area contributed by atoms with Gasteiger partial charge < -0.3 is 15.1 Å². The lowest BCUT2D eigenvalue weighted by Crippen LogP contribution is -2.22. The van der Waals surface area contributed by atoms with Crippen LogP contribution in [-0.4, -0.2) is 24.6 Å². The fourth-order valence-electron chi connectivity index (χ4n) is 2.30. The lowest BCUT2D eigenvalue weighted by atomic mass is 10.1. The number of hydrogen-bond acceptors (Lipinski definition) is 4. The quantitative estimate of drug-likeness (QED) is 0.830. The Labute approximate surface area is 94.0 Å². The van der Waals surface area contributed by atoms with Crippen LogP contribution in [0.4, 0.5) is 5.69 Å². The first-order valence-electron chi connectivity index (χ1n) is 5.65. The molecule has 0 radical (unpaired) electrons. The van der Waals surface area contributed by atoms with E-state index in [9.17, 15) is 0 Å². The number of hydrogen-bond donors (Lipinski definition) is 1. The molecule has 1 unspecified atom stereocenters. The van der Waals surface area contributed by atoms with Crippen LogP contribution in [-0.2, 0) is 0 Å². The Morgan fingerprint density at radius 3 is 3.25 bits per heavy atom. The van der Waals surface area contributed by atoms with Crippen molar-refractivity contribution in [2.75, 3.05) is 24.5 Å². The maximum Gasteiger partial charge on any atom is 0.181 e. The minimum atomic E-state index is 0.632. The molecule has 16 heavy (non-hydrogen) atoms. The molecule has 2 N–H and O–H groups in total. The first-order chi connectivity index (χ1) is 7.86. The summed E-state index contributed by atoms with van der Waals surface area (Å²) in [5.74, 6) is 0.632. The van der Waals surface area contributed by atoms with Crippen molar-refractivity contribution in [1.82, 2.24) is 4.98 Å². The van der Waals surface area contributed by atoms with E-state index in [2.05, 4.69) is 22.0 Å². The van der Waals surface area contributed by atoms with E-state index in [0.717, 1.165) is 30.7 Å². The molecule has 0 aliphatic carbocycles. The van der Waals surface area contributed by atoms with Crippen molar-refractivity contribution in [3.05, 3.63) is 24.6 Å². The largest absolute Gasteiger partial charge is 0.443 e. The highest BCUT2D eigenvalue weighted by atomic mass is 16.3. The summed E-state index contributed by atoms with van der Waals surface area (Å²) < 4.78 is 5.23. The second kappa shape index (κ2) is 3.79. The Morgan fingerprint density at radius 1 is 1.50 bits per heavy atom. The summed E-state index contributed by atoms with van der Waals surface area (Å²) in [6.45, 7) is 2.92. The molecule has 1 saturated heterocycles. The van der Waals surface area contributed by atoms with Gasteiger partial charge in [0.1, 0.15) is 5.52 Å². The normalized spacial score (nSPS) is 20.8. The number of oxazole rings is 1. The summed E-state index contributed by atoms with van der Waals surface area (Å²) in [5, 5.41) is 0. The van der Waals surface area contributed by atoms with E-state index < -0.39 is 0 Å². The van der Waals surface area contributed by atoms with E-state index in [1.807, 2.05) is 6.07 Å². The standard InChI is InChI=1S/C12H15N3O/c13-6-9-3-4-15(7-9)10-1-2-12-11(5-10)14-8-16-12/h1-2,5,8-9H,3-4,6-7,13H2. The zero-order chi connectivity index (χ0) is 11.0. The third-order valence-electron chi connectivity index (χ3n) is 3.30. The van der Waals surface area contributed by atoms with Crippen LogP contribution in [0.3, 0.4) is 0 Å². The average Bonchev–Trinajstić information content (AvgIpc) is 2.96. The Morgan fingerprint density at radius 2 is 2.44 bits per heavy atom. The molecule has 1 aromatic heterocycles. The Kier molecular flexibility index (Phi) is 2.29. The van der Waals surface area contributed by atoms with Crippen molar-refractivity contribution < 1.29 is 4.42 Å². The summed E-state index contributed by atoms with van der Waals surface area (Å²) in [6.07, 6.45) is 2.68. The van der Waals surface area contributed by atoms with Crippen LogP contribution >= 0.6 is 0 Å². The number of fused-ring (bicyclic) bond motifs is 1. The fourth-order valence-corrected chi connectivity index (χ4v) is 2.30. The number of rotatable bonds is 2. The fraction of sp³-hybridized carbons (Fsp3) is 0.417. The molecule has 4 nitrogen and oxygen atoms in total. The Hall–Kier alpha value is -1.55. The van der Waals surface area contributed by atoms with E-state index >= 15 is 0 Å². The lowest BCUT2D eigenvalue weighted by Gasteiger charge is -2.18. The molecule has 1 aromatic carbocycles. The van der Waals surface area contributed by atoms with E-state index in [4.69, 9.17) is 10.2 Å². The molecule has 1 atom stereocenters. The topological polar surface area (TPSA) is 55.3 Å². The van der Waals surface area contributed by atoms with E-state index in [1.165, 1.54) is 18.5 Å². The van der Waals surface area contributed by atoms with Gasteiger partial charge in [0.2, 0.25) is 0 Å². The molecule has 0 bridgehead atoms. The summed E-state index contributed by atoms with van der Waals surface area (Å²) in [5.41, 5.74) is 8.68. The number of anilines is 1. The van der Waals surface area contributed by atoms with Crippen LogP contribution in [0, 0.1) is 5.92 Å². The highest BCUT2D eigenvalue weighted by molar-refractivity contribution is 5.77. The van der Waals surface area contributed by atoms with Crippen molar-refractivity contribution in [2.24, 2.45) is 11.7 Å². The molecule has 3 rings (SSSR count). The minimum Gasteiger partial charge on any atom is -0.443 e. The van der Waals surface area contributed by atoms with Crippen LogP contribution in [0.15, 0.2) is 29.0 Å². The minimum absolute atomic E-state index is 0.632. The van der Waals surface area contributed by atoms with Gasteiger partial charge in [0, 0.05) is 18.8 Å². The number of benzene rings is 1. The number of aromatic nitrogens is 1. The van der Waals surface area contributed by atoms with Gasteiger partial charge in [-0.15, -0.1) is 0 Å². The summed E-state index contributed by atoms with van der Waals surface area (Å²) in [4.78, 5) is 6.54. The second-order valence-corrected chi connectivity index (χ2v) is 4.34. The number of nitrogens with two attached hydrogens (primary N) is 1. The van der Waals surface area contributed by atoms with Crippen molar-refractivity contribution >= 4 is 16.8 Å². The van der Waals surface area contributed by atoms with Gasteiger partial charge in [-0.05, 0) is 37.1 Å². The first kappa shape index (κ1) is 9.66. The predicted molar refractivity (Wildman–Crippen MR) is 63.4 cm³/mol. The van der Waals surface area contributed by atoms with Crippen LogP contribution in [0.5, 0.6) is 0 Å². The second-order valence-electron chi connectivity index (χ2n) is 4.34. The van der Waals surface area contributed by atoms with E-state index in [0.29, 0.717) is 5.92 Å². The molecule has 1 fully saturated rings. The lowest BCUT2D eigenvalue weighted by molar-refractivity contribution is 0.601. The zero-order valence-electron chi connectivity index (χ0n) is 9.10. The molecule has 0 spiro atoms. The van der Waals surface area contributed by atoms with Gasteiger partial charge in [-0.2, -0.15) is 0 Å². The molecule has 4 heteroatoms. The van der Waals surface area contributed by atoms with Gasteiger partial charge in [-0.25, -0.2) is 4.98 Å². The average molecular weight is 217 g/mol. The molecular weight excluding hydrogens is 202 g/mol. The molecule has 84 valence electrons. The SMILES string of the molecule is NCC1CCN(c2ccc3ocnc3c2)C1. The zero-order valence-corrected chi connectivity index (χ0v) is 9.10. The highest BCUT2D eigenvalue weighted by Crippen LogP contribution is 2.26. The van der Waals surface area contributed by atoms with Crippen LogP contribution in [0.25, 0.3) is 11.1 Å². The maximum atomic E-state index is 5.69. The van der Waals surface area contributed by atoms with Gasteiger partial charge in [0.05, 0.1) is 0 Å². The van der Waals surface area contributed by atoms with Crippen molar-refractivity contribution in [2.45, 2.75) is 6.42 Å². The predicted octanol–water partition coefficient (Wildman–Crippen LogP) is 1.61. The van der Waals surface area contributed by atoms with Crippen LogP contribution < -0.4 is 10.6 Å². The third kappa shape index (κ3) is 1.55. The summed E-state index contributed by atoms with van der Waals surface area (Å²) in [6, 6.07) is 6.15. The van der Waals surface area contributed by atoms with E-state index in [-0.39, 0.29) is 0 Å². The van der Waals surface area contributed by atoms with Gasteiger partial charge in [0.15, 0.2) is 12.0 Å². The Bertz CT molecular complexity index is 494. The molecule has 2 aromatic rings. The monoisotopic (exact) mass is 217 g/mol. The molecule has 2 heterocycles. The number of nitrogens with zero attached hydrogens (tertiary/aromatic N) is 2. The van der Waals surface area contributed by atoms with Crippen molar-refractivity contribution in [3.8, 4) is 0 Å². The Balaban J connectivity index is 1.88. The first-order valence-corrected chi connectivity index (χ1v) is 5.65.